The first-order valence-corrected chi connectivity index (χ1v) is 9.12. The Morgan fingerprint density at radius 1 is 1.29 bits per heavy atom. The van der Waals surface area contributed by atoms with Crippen LogP contribution in [-0.2, 0) is 10.6 Å². The van der Waals surface area contributed by atoms with Crippen molar-refractivity contribution in [1.82, 2.24) is 4.98 Å². The molecule has 0 saturated carbocycles. The third-order valence-corrected chi connectivity index (χ3v) is 4.49. The predicted octanol–water partition coefficient (Wildman–Crippen LogP) is 6.07. The molecule has 0 aliphatic carbocycles. The molecular formula is C18H23ClN2O2S. The summed E-state index contributed by atoms with van der Waals surface area (Å²) in [7, 11) is 0. The van der Waals surface area contributed by atoms with E-state index in [-0.39, 0.29) is 0 Å². The highest BCUT2D eigenvalue weighted by molar-refractivity contribution is 7.98. The second-order valence-corrected chi connectivity index (χ2v) is 7.06. The van der Waals surface area contributed by atoms with E-state index in [0.717, 1.165) is 22.8 Å². The van der Waals surface area contributed by atoms with Crippen molar-refractivity contribution in [3.05, 3.63) is 63.8 Å². The number of rotatable bonds is 7. The molecule has 0 aliphatic heterocycles. The molecule has 1 aromatic carbocycles. The molecule has 130 valence electrons. The lowest BCUT2D eigenvalue weighted by atomic mass is 10.1. The number of hydrogen-bond acceptors (Lipinski definition) is 5. The minimum Gasteiger partial charge on any atom is -0.364 e. The second kappa shape index (κ2) is 11.9. The monoisotopic (exact) mass is 366 g/mol. The van der Waals surface area contributed by atoms with Crippen LogP contribution < -0.4 is 0 Å². The summed E-state index contributed by atoms with van der Waals surface area (Å²) < 4.78 is 0. The zero-order valence-electron chi connectivity index (χ0n) is 14.2. The van der Waals surface area contributed by atoms with Gasteiger partial charge >= 0.3 is 0 Å². The van der Waals surface area contributed by atoms with Crippen molar-refractivity contribution in [3.8, 4) is 0 Å². The van der Waals surface area contributed by atoms with Gasteiger partial charge < -0.3 is 4.84 Å². The smallest absolute Gasteiger partial charge is 0.155 e. The highest BCUT2D eigenvalue weighted by atomic mass is 35.5. The molecular weight excluding hydrogens is 344 g/mol. The molecule has 0 saturated heterocycles. The molecule has 0 spiro atoms. The summed E-state index contributed by atoms with van der Waals surface area (Å²) in [6.45, 7) is 6.58. The lowest BCUT2D eigenvalue weighted by Crippen LogP contribution is -1.93. The number of halogens is 1. The van der Waals surface area contributed by atoms with Crippen LogP contribution in [0.25, 0.3) is 0 Å². The molecule has 0 aliphatic rings. The Morgan fingerprint density at radius 2 is 2.00 bits per heavy atom. The first kappa shape index (κ1) is 20.5. The van der Waals surface area contributed by atoms with Gasteiger partial charge in [0.05, 0.1) is 10.7 Å². The quantitative estimate of drug-likeness (QED) is 0.258. The van der Waals surface area contributed by atoms with E-state index >= 15 is 0 Å². The molecule has 2 aromatic rings. The standard InChI is InChI=1S/C13H12ClNS.C5H11NO2/c1-10-13(7-12(14)8-15-10)16-9-11-5-3-2-4-6-11;1-5(2)3-4-8-6-7/h2-8H,9H2,1H3;5H,3-4H2,1-2H3. The fourth-order valence-corrected chi connectivity index (χ4v) is 2.91. The Labute approximate surface area is 152 Å². The summed E-state index contributed by atoms with van der Waals surface area (Å²) in [5.41, 5.74) is 2.34. The van der Waals surface area contributed by atoms with Crippen molar-refractivity contribution in [2.75, 3.05) is 6.61 Å². The highest BCUT2D eigenvalue weighted by Gasteiger charge is 2.02. The van der Waals surface area contributed by atoms with Crippen LogP contribution >= 0.6 is 23.4 Å². The number of thioether (sulfide) groups is 1. The molecule has 0 atom stereocenters. The Hall–Kier alpha value is -1.59. The minimum absolute atomic E-state index is 0.446. The zero-order chi connectivity index (χ0) is 17.8. The number of aryl methyl sites for hydroxylation is 1. The van der Waals surface area contributed by atoms with Crippen LogP contribution in [0.5, 0.6) is 0 Å². The molecule has 2 rings (SSSR count). The van der Waals surface area contributed by atoms with Gasteiger partial charge in [-0.2, -0.15) is 0 Å². The molecule has 24 heavy (non-hydrogen) atoms. The molecule has 4 nitrogen and oxygen atoms in total. The van der Waals surface area contributed by atoms with Crippen LogP contribution in [0, 0.1) is 17.7 Å². The Bertz CT molecular complexity index is 609. The van der Waals surface area contributed by atoms with E-state index in [4.69, 9.17) is 11.6 Å². The molecule has 0 amide bonds. The van der Waals surface area contributed by atoms with Gasteiger partial charge in [0, 0.05) is 16.8 Å². The topological polar surface area (TPSA) is 51.5 Å². The van der Waals surface area contributed by atoms with Gasteiger partial charge in [-0.1, -0.05) is 55.8 Å². The van der Waals surface area contributed by atoms with E-state index in [1.54, 1.807) is 18.0 Å². The summed E-state index contributed by atoms with van der Waals surface area (Å²) in [6.07, 6.45) is 2.58. The van der Waals surface area contributed by atoms with Crippen molar-refractivity contribution in [2.24, 2.45) is 11.3 Å². The second-order valence-electron chi connectivity index (χ2n) is 5.60. The SMILES string of the molecule is CC(C)CCON=O.Cc1ncc(Cl)cc1SCc1ccccc1. The largest absolute Gasteiger partial charge is 0.364 e. The Morgan fingerprint density at radius 3 is 2.62 bits per heavy atom. The van der Waals surface area contributed by atoms with E-state index in [1.807, 2.05) is 19.1 Å². The predicted molar refractivity (Wildman–Crippen MR) is 101 cm³/mol. The number of benzene rings is 1. The third-order valence-electron chi connectivity index (χ3n) is 3.08. The molecule has 0 fully saturated rings. The van der Waals surface area contributed by atoms with E-state index in [0.29, 0.717) is 17.5 Å². The maximum atomic E-state index is 9.31. The summed E-state index contributed by atoms with van der Waals surface area (Å²) in [6, 6.07) is 12.4. The van der Waals surface area contributed by atoms with E-state index in [2.05, 4.69) is 53.3 Å². The summed E-state index contributed by atoms with van der Waals surface area (Å²) in [5.74, 6) is 1.53. The molecule has 1 aromatic heterocycles. The number of aromatic nitrogens is 1. The summed E-state index contributed by atoms with van der Waals surface area (Å²) in [5, 5.41) is 2.95. The highest BCUT2D eigenvalue weighted by Crippen LogP contribution is 2.26. The van der Waals surface area contributed by atoms with Crippen molar-refractivity contribution in [1.29, 1.82) is 0 Å². The van der Waals surface area contributed by atoms with Gasteiger partial charge in [-0.05, 0) is 30.9 Å². The van der Waals surface area contributed by atoms with Crippen LogP contribution in [0.3, 0.4) is 0 Å². The fraction of sp³-hybridized carbons (Fsp3) is 0.389. The van der Waals surface area contributed by atoms with Crippen LogP contribution in [0.15, 0.2) is 52.8 Å². The fourth-order valence-electron chi connectivity index (χ4n) is 1.70. The maximum Gasteiger partial charge on any atom is 0.155 e. The van der Waals surface area contributed by atoms with Crippen LogP contribution in [0.2, 0.25) is 5.02 Å². The average Bonchev–Trinajstić information content (AvgIpc) is 2.57. The average molecular weight is 367 g/mol. The van der Waals surface area contributed by atoms with Crippen molar-refractivity contribution >= 4 is 23.4 Å². The van der Waals surface area contributed by atoms with Gasteiger partial charge in [-0.3, -0.25) is 4.98 Å². The van der Waals surface area contributed by atoms with Crippen molar-refractivity contribution < 1.29 is 4.84 Å². The first-order chi connectivity index (χ1) is 11.5. The first-order valence-electron chi connectivity index (χ1n) is 7.76. The van der Waals surface area contributed by atoms with E-state index < -0.39 is 0 Å². The molecule has 0 radical (unpaired) electrons. The van der Waals surface area contributed by atoms with Crippen molar-refractivity contribution in [3.63, 3.8) is 0 Å². The van der Waals surface area contributed by atoms with Gasteiger partial charge in [-0.25, -0.2) is 0 Å². The molecule has 6 heteroatoms. The van der Waals surface area contributed by atoms with Crippen molar-refractivity contribution in [2.45, 2.75) is 37.8 Å². The molecule has 0 unspecified atom stereocenters. The molecule has 1 heterocycles. The summed E-state index contributed by atoms with van der Waals surface area (Å²) >= 11 is 7.69. The Kier molecular flexibility index (Phi) is 10.1. The van der Waals surface area contributed by atoms with Gasteiger partial charge in [0.2, 0.25) is 0 Å². The van der Waals surface area contributed by atoms with Gasteiger partial charge in [0.25, 0.3) is 0 Å². The third kappa shape index (κ3) is 8.89. The van der Waals surface area contributed by atoms with E-state index in [9.17, 15) is 4.91 Å². The van der Waals surface area contributed by atoms with Crippen LogP contribution in [0.1, 0.15) is 31.5 Å². The number of pyridine rings is 1. The van der Waals surface area contributed by atoms with Gasteiger partial charge in [-0.15, -0.1) is 16.7 Å². The molecule has 0 bridgehead atoms. The minimum atomic E-state index is 0.446. The Balaban J connectivity index is 0.000000307. The van der Waals surface area contributed by atoms with Crippen LogP contribution in [0.4, 0.5) is 0 Å². The number of nitrogens with zero attached hydrogens (tertiary/aromatic N) is 2. The van der Waals surface area contributed by atoms with E-state index in [1.165, 1.54) is 5.56 Å². The zero-order valence-corrected chi connectivity index (χ0v) is 15.8. The normalized spacial score (nSPS) is 10.0. The van der Waals surface area contributed by atoms with Gasteiger partial charge in [0.1, 0.15) is 6.61 Å². The van der Waals surface area contributed by atoms with Gasteiger partial charge in [0.15, 0.2) is 5.34 Å². The lowest BCUT2D eigenvalue weighted by molar-refractivity contribution is 0.128. The lowest BCUT2D eigenvalue weighted by Gasteiger charge is -2.05. The summed E-state index contributed by atoms with van der Waals surface area (Å²) in [4.78, 5) is 18.9. The van der Waals surface area contributed by atoms with Crippen LogP contribution in [-0.4, -0.2) is 11.6 Å². The maximum absolute atomic E-state index is 9.31. The number of hydrogen-bond donors (Lipinski definition) is 0. The molecule has 0 N–H and O–H groups in total.